The predicted molar refractivity (Wildman–Crippen MR) is 107 cm³/mol. The molecule has 138 valence electrons. The molecule has 0 aliphatic carbocycles. The van der Waals surface area contributed by atoms with Crippen LogP contribution in [-0.4, -0.2) is 25.0 Å². The summed E-state index contributed by atoms with van der Waals surface area (Å²) in [6.07, 6.45) is 0. The second kappa shape index (κ2) is 7.28. The Hall–Kier alpha value is -2.45. The van der Waals surface area contributed by atoms with Gasteiger partial charge in [0.1, 0.15) is 4.88 Å². The summed E-state index contributed by atoms with van der Waals surface area (Å²) in [5, 5.41) is 14.4. The van der Waals surface area contributed by atoms with Gasteiger partial charge in [-0.05, 0) is 51.5 Å². The van der Waals surface area contributed by atoms with Crippen molar-refractivity contribution in [1.82, 2.24) is 25.0 Å². The summed E-state index contributed by atoms with van der Waals surface area (Å²) < 4.78 is 7.75. The van der Waals surface area contributed by atoms with Crippen molar-refractivity contribution in [2.75, 3.05) is 0 Å². The molecule has 4 rings (SSSR count). The highest BCUT2D eigenvalue weighted by atomic mass is 32.2. The van der Waals surface area contributed by atoms with Crippen molar-refractivity contribution in [3.05, 3.63) is 58.0 Å². The number of thiazole rings is 1. The Morgan fingerprint density at radius 3 is 2.48 bits per heavy atom. The SMILES string of the molecule is Cc1cc(C)n(-c2ccc(CSc3nnc(-c4sc(C)nc4C)o3)cc2)n1. The van der Waals surface area contributed by atoms with Crippen LogP contribution < -0.4 is 0 Å². The van der Waals surface area contributed by atoms with Crippen LogP contribution in [0.3, 0.4) is 0 Å². The number of nitrogens with zero attached hydrogens (tertiary/aromatic N) is 5. The number of benzene rings is 1. The lowest BCUT2D eigenvalue weighted by Gasteiger charge is -2.05. The molecule has 0 fully saturated rings. The summed E-state index contributed by atoms with van der Waals surface area (Å²) in [7, 11) is 0. The molecule has 3 heterocycles. The highest BCUT2D eigenvalue weighted by Crippen LogP contribution is 2.31. The van der Waals surface area contributed by atoms with Gasteiger partial charge in [-0.25, -0.2) is 9.67 Å². The molecular weight excluding hydrogens is 378 g/mol. The summed E-state index contributed by atoms with van der Waals surface area (Å²) in [4.78, 5) is 5.35. The minimum atomic E-state index is 0.542. The molecule has 0 amide bonds. The first-order valence-corrected chi connectivity index (χ1v) is 10.3. The van der Waals surface area contributed by atoms with Gasteiger partial charge < -0.3 is 4.42 Å². The first kappa shape index (κ1) is 17.9. The number of thioether (sulfide) groups is 1. The van der Waals surface area contributed by atoms with Gasteiger partial charge in [0.2, 0.25) is 0 Å². The van der Waals surface area contributed by atoms with Crippen LogP contribution in [0, 0.1) is 27.7 Å². The molecule has 0 N–H and O–H groups in total. The van der Waals surface area contributed by atoms with Crippen LogP contribution in [0.2, 0.25) is 0 Å². The molecular formula is C19H19N5OS2. The molecule has 0 aliphatic heterocycles. The van der Waals surface area contributed by atoms with E-state index in [1.54, 1.807) is 11.3 Å². The van der Waals surface area contributed by atoms with Crippen LogP contribution in [0.25, 0.3) is 16.5 Å². The van der Waals surface area contributed by atoms with Gasteiger partial charge in [0.25, 0.3) is 11.1 Å². The highest BCUT2D eigenvalue weighted by Gasteiger charge is 2.15. The fourth-order valence-electron chi connectivity index (χ4n) is 2.86. The second-order valence-corrected chi connectivity index (χ2v) is 8.44. The third kappa shape index (κ3) is 3.81. The summed E-state index contributed by atoms with van der Waals surface area (Å²) in [5.41, 5.74) is 5.32. The van der Waals surface area contributed by atoms with Crippen LogP contribution >= 0.6 is 23.1 Å². The number of hydrogen-bond acceptors (Lipinski definition) is 7. The van der Waals surface area contributed by atoms with Crippen LogP contribution in [-0.2, 0) is 5.75 Å². The summed E-state index contributed by atoms with van der Waals surface area (Å²) in [6, 6.07) is 10.4. The van der Waals surface area contributed by atoms with Crippen molar-refractivity contribution in [3.63, 3.8) is 0 Å². The van der Waals surface area contributed by atoms with E-state index < -0.39 is 0 Å². The summed E-state index contributed by atoms with van der Waals surface area (Å²) >= 11 is 3.10. The van der Waals surface area contributed by atoms with E-state index in [4.69, 9.17) is 4.42 Å². The molecule has 4 aromatic rings. The third-order valence-corrected chi connectivity index (χ3v) is 6.01. The van der Waals surface area contributed by atoms with Crippen molar-refractivity contribution in [3.8, 4) is 16.5 Å². The van der Waals surface area contributed by atoms with E-state index in [2.05, 4.69) is 57.5 Å². The minimum absolute atomic E-state index is 0.542. The van der Waals surface area contributed by atoms with E-state index in [1.165, 1.54) is 17.3 Å². The Bertz CT molecular complexity index is 1080. The molecule has 3 aromatic heterocycles. The molecule has 0 radical (unpaired) electrons. The molecule has 8 heteroatoms. The first-order valence-electron chi connectivity index (χ1n) is 8.53. The molecule has 1 aromatic carbocycles. The lowest BCUT2D eigenvalue weighted by atomic mass is 10.2. The van der Waals surface area contributed by atoms with Crippen LogP contribution in [0.4, 0.5) is 0 Å². The van der Waals surface area contributed by atoms with E-state index in [9.17, 15) is 0 Å². The molecule has 6 nitrogen and oxygen atoms in total. The van der Waals surface area contributed by atoms with Crippen molar-refractivity contribution in [2.24, 2.45) is 0 Å². The molecule has 0 saturated carbocycles. The van der Waals surface area contributed by atoms with E-state index >= 15 is 0 Å². The third-order valence-electron chi connectivity index (χ3n) is 4.06. The number of aromatic nitrogens is 5. The van der Waals surface area contributed by atoms with E-state index in [0.717, 1.165) is 38.4 Å². The quantitative estimate of drug-likeness (QED) is 0.446. The topological polar surface area (TPSA) is 69.6 Å². The number of aryl methyl sites for hydroxylation is 4. The van der Waals surface area contributed by atoms with E-state index in [-0.39, 0.29) is 0 Å². The summed E-state index contributed by atoms with van der Waals surface area (Å²) in [6.45, 7) is 7.99. The van der Waals surface area contributed by atoms with Gasteiger partial charge >= 0.3 is 0 Å². The Labute approximate surface area is 165 Å². The standard InChI is InChI=1S/C19H19N5OS2/c1-11-9-12(2)24(23-11)16-7-5-15(6-8-16)10-26-19-22-21-18(25-19)17-13(3)20-14(4)27-17/h5-9H,10H2,1-4H3. The van der Waals surface area contributed by atoms with Crippen LogP contribution in [0.15, 0.2) is 40.0 Å². The maximum absolute atomic E-state index is 5.79. The van der Waals surface area contributed by atoms with Gasteiger partial charge in [-0.15, -0.1) is 21.5 Å². The maximum Gasteiger partial charge on any atom is 0.277 e. The predicted octanol–water partition coefficient (Wildman–Crippen LogP) is 4.90. The Balaban J connectivity index is 1.43. The van der Waals surface area contributed by atoms with Gasteiger partial charge in [-0.3, -0.25) is 0 Å². The van der Waals surface area contributed by atoms with Crippen LogP contribution in [0.5, 0.6) is 0 Å². The molecule has 0 aliphatic rings. The monoisotopic (exact) mass is 397 g/mol. The molecule has 0 atom stereocenters. The number of rotatable bonds is 5. The normalized spacial score (nSPS) is 11.3. The molecule has 0 spiro atoms. The minimum Gasteiger partial charge on any atom is -0.410 e. The Morgan fingerprint density at radius 2 is 1.85 bits per heavy atom. The molecule has 0 bridgehead atoms. The van der Waals surface area contributed by atoms with Crippen molar-refractivity contribution in [2.45, 2.75) is 38.7 Å². The average molecular weight is 398 g/mol. The van der Waals surface area contributed by atoms with Gasteiger partial charge in [0.05, 0.1) is 22.1 Å². The largest absolute Gasteiger partial charge is 0.410 e. The molecule has 0 unspecified atom stereocenters. The number of hydrogen-bond donors (Lipinski definition) is 0. The fourth-order valence-corrected chi connectivity index (χ4v) is 4.42. The van der Waals surface area contributed by atoms with Crippen LogP contribution in [0.1, 0.15) is 27.7 Å². The lowest BCUT2D eigenvalue weighted by molar-refractivity contribution is 0.466. The average Bonchev–Trinajstić information content (AvgIpc) is 3.32. The fraction of sp³-hybridized carbons (Fsp3) is 0.263. The van der Waals surface area contributed by atoms with Gasteiger partial charge in [-0.2, -0.15) is 5.10 Å². The molecule has 0 saturated heterocycles. The zero-order valence-electron chi connectivity index (χ0n) is 15.6. The molecule has 27 heavy (non-hydrogen) atoms. The van der Waals surface area contributed by atoms with Crippen molar-refractivity contribution < 1.29 is 4.42 Å². The second-order valence-electron chi connectivity index (χ2n) is 6.31. The first-order chi connectivity index (χ1) is 13.0. The Kier molecular flexibility index (Phi) is 4.84. The van der Waals surface area contributed by atoms with Gasteiger partial charge in [-0.1, -0.05) is 23.9 Å². The van der Waals surface area contributed by atoms with E-state index in [0.29, 0.717) is 11.1 Å². The highest BCUT2D eigenvalue weighted by molar-refractivity contribution is 7.98. The van der Waals surface area contributed by atoms with Crippen molar-refractivity contribution >= 4 is 23.1 Å². The van der Waals surface area contributed by atoms with E-state index in [1.807, 2.05) is 25.5 Å². The summed E-state index contributed by atoms with van der Waals surface area (Å²) in [5.74, 6) is 1.31. The Morgan fingerprint density at radius 1 is 1.07 bits per heavy atom. The van der Waals surface area contributed by atoms with Gasteiger partial charge in [0, 0.05) is 11.4 Å². The zero-order valence-corrected chi connectivity index (χ0v) is 17.2. The maximum atomic E-state index is 5.79. The smallest absolute Gasteiger partial charge is 0.277 e. The van der Waals surface area contributed by atoms with Gasteiger partial charge in [0.15, 0.2) is 0 Å². The zero-order chi connectivity index (χ0) is 19.0. The van der Waals surface area contributed by atoms with Crippen molar-refractivity contribution in [1.29, 1.82) is 0 Å². The lowest BCUT2D eigenvalue weighted by Crippen LogP contribution is -1.98.